The Morgan fingerprint density at radius 1 is 1.32 bits per heavy atom. The van der Waals surface area contributed by atoms with Crippen LogP contribution in [0, 0.1) is 5.82 Å². The number of carbonyl (C=O) groups excluding carboxylic acids is 1. The molecule has 0 saturated carbocycles. The second-order valence-corrected chi connectivity index (χ2v) is 5.06. The van der Waals surface area contributed by atoms with Crippen molar-refractivity contribution in [3.8, 4) is 6.01 Å². The highest BCUT2D eigenvalue weighted by Gasteiger charge is 2.26. The molecular weight excluding hydrogens is 287 g/mol. The average Bonchev–Trinajstić information content (AvgIpc) is 2.57. The highest BCUT2D eigenvalue weighted by molar-refractivity contribution is 5.93. The summed E-state index contributed by atoms with van der Waals surface area (Å²) in [5, 5.41) is 0. The molecule has 0 spiro atoms. The number of ether oxygens (including phenoxy) is 1. The lowest BCUT2D eigenvalue weighted by atomic mass is 10.1. The van der Waals surface area contributed by atoms with Crippen LogP contribution in [0.5, 0.6) is 6.01 Å². The Balaban J connectivity index is 1.64. The predicted octanol–water partition coefficient (Wildman–Crippen LogP) is 1.69. The van der Waals surface area contributed by atoms with Crippen LogP contribution in [0.1, 0.15) is 23.2 Å². The molecule has 0 bridgehead atoms. The summed E-state index contributed by atoms with van der Waals surface area (Å²) < 4.78 is 18.4. The number of likely N-dealkylation sites (tertiary alicyclic amines) is 1. The number of hydrogen-bond acceptors (Lipinski definition) is 5. The van der Waals surface area contributed by atoms with Gasteiger partial charge in [-0.3, -0.25) is 9.78 Å². The van der Waals surface area contributed by atoms with Crippen LogP contribution in [0.2, 0.25) is 0 Å². The molecule has 6 nitrogen and oxygen atoms in total. The molecule has 0 aliphatic carbocycles. The lowest BCUT2D eigenvalue weighted by Crippen LogP contribution is -2.44. The first-order valence-electron chi connectivity index (χ1n) is 7.06. The van der Waals surface area contributed by atoms with E-state index in [4.69, 9.17) is 4.74 Å². The Kier molecular flexibility index (Phi) is 4.22. The van der Waals surface area contributed by atoms with Crippen molar-refractivity contribution in [1.82, 2.24) is 19.9 Å². The molecule has 0 aromatic carbocycles. The molecule has 114 valence electrons. The summed E-state index contributed by atoms with van der Waals surface area (Å²) in [6.07, 6.45) is 6.74. The second kappa shape index (κ2) is 6.46. The smallest absolute Gasteiger partial charge is 0.316 e. The number of pyridine rings is 1. The van der Waals surface area contributed by atoms with Gasteiger partial charge in [-0.05, 0) is 25.0 Å². The van der Waals surface area contributed by atoms with Crippen molar-refractivity contribution < 1.29 is 13.9 Å². The van der Waals surface area contributed by atoms with Crippen LogP contribution >= 0.6 is 0 Å². The van der Waals surface area contributed by atoms with E-state index in [2.05, 4.69) is 15.0 Å². The van der Waals surface area contributed by atoms with Crippen molar-refractivity contribution >= 4 is 5.91 Å². The first kappa shape index (κ1) is 14.4. The van der Waals surface area contributed by atoms with Crippen LogP contribution in [0.4, 0.5) is 4.39 Å². The zero-order chi connectivity index (χ0) is 15.4. The predicted molar refractivity (Wildman–Crippen MR) is 75.8 cm³/mol. The van der Waals surface area contributed by atoms with Crippen LogP contribution < -0.4 is 4.74 Å². The van der Waals surface area contributed by atoms with Crippen LogP contribution in [-0.2, 0) is 0 Å². The van der Waals surface area contributed by atoms with E-state index in [-0.39, 0.29) is 18.0 Å². The maximum atomic E-state index is 12.8. The normalized spacial score (nSPS) is 18.0. The minimum atomic E-state index is -0.510. The number of rotatable bonds is 3. The van der Waals surface area contributed by atoms with Gasteiger partial charge in [0.15, 0.2) is 5.82 Å². The molecule has 22 heavy (non-hydrogen) atoms. The maximum Gasteiger partial charge on any atom is 0.316 e. The van der Waals surface area contributed by atoms with Gasteiger partial charge in [-0.2, -0.15) is 0 Å². The number of aromatic nitrogens is 3. The van der Waals surface area contributed by atoms with E-state index in [9.17, 15) is 9.18 Å². The first-order valence-corrected chi connectivity index (χ1v) is 7.06. The molecule has 0 N–H and O–H groups in total. The largest absolute Gasteiger partial charge is 0.458 e. The molecule has 1 aliphatic rings. The van der Waals surface area contributed by atoms with E-state index in [0.717, 1.165) is 25.2 Å². The monoisotopic (exact) mass is 302 g/mol. The number of piperidine rings is 1. The van der Waals surface area contributed by atoms with Crippen LogP contribution in [-0.4, -0.2) is 45.0 Å². The number of hydrogen-bond donors (Lipinski definition) is 0. The minimum Gasteiger partial charge on any atom is -0.458 e. The van der Waals surface area contributed by atoms with Crippen LogP contribution in [0.15, 0.2) is 36.9 Å². The SMILES string of the molecule is O=C(c1cccnc1)N1CCCC(Oc2ncc(F)cn2)C1. The van der Waals surface area contributed by atoms with Gasteiger partial charge in [0.1, 0.15) is 6.10 Å². The molecule has 2 aromatic heterocycles. The third-order valence-electron chi connectivity index (χ3n) is 3.44. The van der Waals surface area contributed by atoms with E-state index < -0.39 is 5.82 Å². The van der Waals surface area contributed by atoms with Crippen molar-refractivity contribution in [2.45, 2.75) is 18.9 Å². The van der Waals surface area contributed by atoms with Gasteiger partial charge in [-0.25, -0.2) is 14.4 Å². The van der Waals surface area contributed by atoms with Crippen LogP contribution in [0.3, 0.4) is 0 Å². The summed E-state index contributed by atoms with van der Waals surface area (Å²) in [6, 6.07) is 3.60. The summed E-state index contributed by atoms with van der Waals surface area (Å²) in [5.74, 6) is -0.578. The third kappa shape index (κ3) is 3.36. The van der Waals surface area contributed by atoms with Gasteiger partial charge >= 0.3 is 6.01 Å². The number of amides is 1. The topological polar surface area (TPSA) is 68.2 Å². The molecule has 1 saturated heterocycles. The maximum absolute atomic E-state index is 12.8. The second-order valence-electron chi connectivity index (χ2n) is 5.06. The summed E-state index contributed by atoms with van der Waals surface area (Å²) >= 11 is 0. The van der Waals surface area contributed by atoms with E-state index in [1.54, 1.807) is 29.4 Å². The fraction of sp³-hybridized carbons (Fsp3) is 0.333. The van der Waals surface area contributed by atoms with E-state index in [0.29, 0.717) is 18.7 Å². The zero-order valence-corrected chi connectivity index (χ0v) is 11.9. The number of halogens is 1. The summed E-state index contributed by atoms with van der Waals surface area (Å²) in [5.41, 5.74) is 0.557. The van der Waals surface area contributed by atoms with Gasteiger partial charge in [-0.1, -0.05) is 0 Å². The molecule has 7 heteroatoms. The minimum absolute atomic E-state index is 0.0681. The highest BCUT2D eigenvalue weighted by Crippen LogP contribution is 2.17. The van der Waals surface area contributed by atoms with Gasteiger partial charge in [0.05, 0.1) is 24.5 Å². The molecule has 2 aromatic rings. The fourth-order valence-electron chi connectivity index (χ4n) is 2.40. The molecule has 1 amide bonds. The summed E-state index contributed by atoms with van der Waals surface area (Å²) in [7, 11) is 0. The Bertz CT molecular complexity index is 636. The van der Waals surface area contributed by atoms with Gasteiger partial charge in [-0.15, -0.1) is 0 Å². The van der Waals surface area contributed by atoms with Gasteiger partial charge in [0.2, 0.25) is 0 Å². The van der Waals surface area contributed by atoms with Gasteiger partial charge < -0.3 is 9.64 Å². The Labute approximate surface area is 127 Å². The lowest BCUT2D eigenvalue weighted by Gasteiger charge is -2.32. The van der Waals surface area contributed by atoms with Crippen LogP contribution in [0.25, 0.3) is 0 Å². The molecule has 3 heterocycles. The number of carbonyl (C=O) groups is 1. The fourth-order valence-corrected chi connectivity index (χ4v) is 2.40. The van der Waals surface area contributed by atoms with E-state index in [1.165, 1.54) is 0 Å². The standard InChI is InChI=1S/C15H15FN4O2/c16-12-8-18-15(19-9-12)22-13-4-2-6-20(10-13)14(21)11-3-1-5-17-7-11/h1,3,5,7-9,13H,2,4,6,10H2. The van der Waals surface area contributed by atoms with Gasteiger partial charge in [0.25, 0.3) is 5.91 Å². The van der Waals surface area contributed by atoms with Crippen molar-refractivity contribution in [1.29, 1.82) is 0 Å². The summed E-state index contributed by atoms with van der Waals surface area (Å²) in [4.78, 5) is 25.6. The number of nitrogens with zero attached hydrogens (tertiary/aromatic N) is 4. The van der Waals surface area contributed by atoms with Crippen molar-refractivity contribution in [3.05, 3.63) is 48.3 Å². The molecule has 3 rings (SSSR count). The highest BCUT2D eigenvalue weighted by atomic mass is 19.1. The zero-order valence-electron chi connectivity index (χ0n) is 11.9. The molecular formula is C15H15FN4O2. The molecule has 0 radical (unpaired) electrons. The summed E-state index contributed by atoms with van der Waals surface area (Å²) in [6.45, 7) is 1.13. The molecule has 1 aliphatic heterocycles. The molecule has 1 atom stereocenters. The van der Waals surface area contributed by atoms with Crippen molar-refractivity contribution in [2.24, 2.45) is 0 Å². The Morgan fingerprint density at radius 3 is 2.86 bits per heavy atom. The van der Waals surface area contributed by atoms with Crippen molar-refractivity contribution in [2.75, 3.05) is 13.1 Å². The molecule has 1 fully saturated rings. The molecule has 1 unspecified atom stereocenters. The Hall–Kier alpha value is -2.57. The Morgan fingerprint density at radius 2 is 2.14 bits per heavy atom. The third-order valence-corrected chi connectivity index (χ3v) is 3.44. The quantitative estimate of drug-likeness (QED) is 0.863. The average molecular weight is 302 g/mol. The lowest BCUT2D eigenvalue weighted by molar-refractivity contribution is 0.0515. The van der Waals surface area contributed by atoms with Gasteiger partial charge in [0, 0.05) is 18.9 Å². The van der Waals surface area contributed by atoms with E-state index >= 15 is 0 Å². The van der Waals surface area contributed by atoms with E-state index in [1.807, 2.05) is 0 Å². The first-order chi connectivity index (χ1) is 10.7. The van der Waals surface area contributed by atoms with Crippen molar-refractivity contribution in [3.63, 3.8) is 0 Å².